The van der Waals surface area contributed by atoms with Crippen molar-refractivity contribution in [2.45, 2.75) is 44.7 Å². The molecule has 0 spiro atoms. The number of amides is 5. The van der Waals surface area contributed by atoms with Gasteiger partial charge in [0.05, 0.1) is 45.6 Å². The zero-order chi connectivity index (χ0) is 41.8. The van der Waals surface area contributed by atoms with Crippen LogP contribution < -0.4 is 42.8 Å². The topological polar surface area (TPSA) is 250 Å². The highest BCUT2D eigenvalue weighted by atomic mass is 16.6. The molecule has 17 heteroatoms. The first-order valence-electron chi connectivity index (χ1n) is 19.4. The third-order valence-corrected chi connectivity index (χ3v) is 8.37. The van der Waals surface area contributed by atoms with E-state index in [1.54, 1.807) is 37.3 Å². The highest BCUT2D eigenvalue weighted by molar-refractivity contribution is 5.93. The smallest absolute Gasteiger partial charge is 0.344 e. The molecule has 1 unspecified atom stereocenters. The Kier molecular flexibility index (Phi) is 22.3. The highest BCUT2D eigenvalue weighted by Gasteiger charge is 2.28. The van der Waals surface area contributed by atoms with E-state index in [9.17, 15) is 24.3 Å². The van der Waals surface area contributed by atoms with Crippen LogP contribution in [0.25, 0.3) is 0 Å². The second-order valence-electron chi connectivity index (χ2n) is 12.8. The van der Waals surface area contributed by atoms with Crippen molar-refractivity contribution in [2.75, 3.05) is 72.4 Å². The number of carbonyl (C=O) groups excluding carboxylic acids is 4. The van der Waals surface area contributed by atoms with Crippen molar-refractivity contribution >= 4 is 29.7 Å². The van der Waals surface area contributed by atoms with Crippen molar-refractivity contribution in [1.82, 2.24) is 26.6 Å². The van der Waals surface area contributed by atoms with Crippen LogP contribution in [-0.2, 0) is 35.1 Å². The number of phenolic OH excluding ortho intramolecular Hbond substituents is 1. The number of nitrogens with zero attached hydrogens (tertiary/aromatic N) is 1. The maximum absolute atomic E-state index is 14.2. The van der Waals surface area contributed by atoms with E-state index in [1.165, 1.54) is 12.1 Å². The second kappa shape index (κ2) is 27.8. The van der Waals surface area contributed by atoms with Gasteiger partial charge in [0, 0.05) is 39.1 Å². The summed E-state index contributed by atoms with van der Waals surface area (Å²) in [6, 6.07) is 21.3. The van der Waals surface area contributed by atoms with Crippen molar-refractivity contribution in [3.63, 3.8) is 0 Å². The molecule has 2 atom stereocenters. The summed E-state index contributed by atoms with van der Waals surface area (Å²) in [4.78, 5) is 55.1. The molecule has 3 aromatic carbocycles. The van der Waals surface area contributed by atoms with Gasteiger partial charge in [0.2, 0.25) is 17.7 Å². The molecule has 58 heavy (non-hydrogen) atoms. The van der Waals surface area contributed by atoms with Gasteiger partial charge in [-0.15, -0.1) is 0 Å². The van der Waals surface area contributed by atoms with Gasteiger partial charge in [0.15, 0.2) is 5.96 Å². The number of benzene rings is 3. The zero-order valence-corrected chi connectivity index (χ0v) is 33.1. The van der Waals surface area contributed by atoms with E-state index in [4.69, 9.17) is 30.4 Å². The first-order valence-corrected chi connectivity index (χ1v) is 19.4. The molecule has 316 valence electrons. The Bertz CT molecular complexity index is 1700. The minimum atomic E-state index is -0.948. The quantitative estimate of drug-likeness (QED) is 0.0311. The van der Waals surface area contributed by atoms with Crippen LogP contribution in [0, 0.1) is 0 Å². The molecule has 0 bridgehead atoms. The van der Waals surface area contributed by atoms with E-state index < -0.39 is 29.8 Å². The number of rotatable bonds is 27. The molecular weight excluding hydrogens is 748 g/mol. The summed E-state index contributed by atoms with van der Waals surface area (Å²) in [5.74, 6) is -1.19. The van der Waals surface area contributed by atoms with Crippen LogP contribution in [-0.4, -0.2) is 113 Å². The molecule has 0 saturated carbocycles. The van der Waals surface area contributed by atoms with Gasteiger partial charge in [-0.05, 0) is 53.8 Å². The lowest BCUT2D eigenvalue weighted by Crippen LogP contribution is -2.48. The first-order chi connectivity index (χ1) is 28.2. The standard InChI is InChI=1S/C41H58N8O9/c1-2-36(51)44-19-20-46-41(54)49-40(43)45-18-7-12-35(38(52)47-29-30-13-15-33(50)16-14-30)48-39(53)37(31-8-4-3-5-9-31)32-10-6-11-34(28-32)58-27-26-57-25-24-56-23-22-55-21-17-42/h3-6,8-11,13-16,28,35,37,50H,2,7,12,17-27,29,42H2,1H3,(H,44,51)(H,47,52)(H,48,53)(H4,43,45,46,49,54)/t35-,37?/m1/s1. The number of hydrogen-bond donors (Lipinski definition) is 8. The number of guanidine groups is 1. The number of nitrogens with two attached hydrogens (primary N) is 2. The van der Waals surface area contributed by atoms with Crippen LogP contribution in [0.1, 0.15) is 48.8 Å². The van der Waals surface area contributed by atoms with Crippen molar-refractivity contribution in [1.29, 1.82) is 0 Å². The molecule has 5 amide bonds. The molecule has 17 nitrogen and oxygen atoms in total. The van der Waals surface area contributed by atoms with Gasteiger partial charge in [-0.3, -0.25) is 14.4 Å². The van der Waals surface area contributed by atoms with E-state index in [2.05, 4.69) is 31.6 Å². The molecule has 10 N–H and O–H groups in total. The van der Waals surface area contributed by atoms with E-state index in [0.29, 0.717) is 75.9 Å². The summed E-state index contributed by atoms with van der Waals surface area (Å²) < 4.78 is 22.3. The third kappa shape index (κ3) is 18.9. The maximum atomic E-state index is 14.2. The van der Waals surface area contributed by atoms with Gasteiger partial charge >= 0.3 is 6.03 Å². The summed E-state index contributed by atoms with van der Waals surface area (Å²) in [7, 11) is 0. The third-order valence-electron chi connectivity index (χ3n) is 8.37. The average molecular weight is 807 g/mol. The molecular formula is C41H58N8O9. The van der Waals surface area contributed by atoms with Crippen molar-refractivity contribution in [3.8, 4) is 11.5 Å². The van der Waals surface area contributed by atoms with Gasteiger partial charge in [0.1, 0.15) is 24.1 Å². The molecule has 0 radical (unpaired) electrons. The summed E-state index contributed by atoms with van der Waals surface area (Å²) in [6.45, 7) is 5.92. The van der Waals surface area contributed by atoms with Crippen LogP contribution in [0.2, 0.25) is 0 Å². The van der Waals surface area contributed by atoms with Crippen LogP contribution in [0.15, 0.2) is 83.9 Å². The van der Waals surface area contributed by atoms with Crippen LogP contribution in [0.3, 0.4) is 0 Å². The van der Waals surface area contributed by atoms with E-state index in [1.807, 2.05) is 36.4 Å². The summed E-state index contributed by atoms with van der Waals surface area (Å²) in [5, 5.41) is 23.6. The van der Waals surface area contributed by atoms with E-state index in [-0.39, 0.29) is 56.8 Å². The molecule has 0 saturated heterocycles. The Morgan fingerprint density at radius 1 is 0.724 bits per heavy atom. The fraction of sp³-hybridized carbons (Fsp3) is 0.439. The number of hydrogen-bond acceptors (Lipinski definition) is 10. The predicted octanol–water partition coefficient (Wildman–Crippen LogP) is 1.63. The molecule has 0 aliphatic rings. The van der Waals surface area contributed by atoms with Crippen LogP contribution >= 0.6 is 0 Å². The molecule has 3 aromatic rings. The summed E-state index contributed by atoms with van der Waals surface area (Å²) >= 11 is 0. The van der Waals surface area contributed by atoms with Crippen molar-refractivity contribution in [2.24, 2.45) is 16.5 Å². The summed E-state index contributed by atoms with van der Waals surface area (Å²) in [5.41, 5.74) is 13.4. The monoisotopic (exact) mass is 806 g/mol. The molecule has 0 fully saturated rings. The minimum Gasteiger partial charge on any atom is -0.508 e. The lowest BCUT2D eigenvalue weighted by molar-refractivity contribution is -0.129. The predicted molar refractivity (Wildman–Crippen MR) is 219 cm³/mol. The largest absolute Gasteiger partial charge is 0.508 e. The number of ether oxygens (including phenoxy) is 4. The first kappa shape index (κ1) is 46.6. The van der Waals surface area contributed by atoms with Crippen LogP contribution in [0.5, 0.6) is 11.5 Å². The van der Waals surface area contributed by atoms with E-state index >= 15 is 0 Å². The highest BCUT2D eigenvalue weighted by Crippen LogP contribution is 2.28. The summed E-state index contributed by atoms with van der Waals surface area (Å²) in [6.07, 6.45) is 0.928. The average Bonchev–Trinajstić information content (AvgIpc) is 3.22. The Morgan fingerprint density at radius 2 is 1.38 bits per heavy atom. The fourth-order valence-corrected chi connectivity index (χ4v) is 5.43. The van der Waals surface area contributed by atoms with Gasteiger partial charge in [-0.25, -0.2) is 4.79 Å². The second-order valence-corrected chi connectivity index (χ2v) is 12.8. The number of phenols is 1. The van der Waals surface area contributed by atoms with Gasteiger partial charge in [0.25, 0.3) is 0 Å². The lowest BCUT2D eigenvalue weighted by Gasteiger charge is -2.24. The molecule has 3 rings (SSSR count). The molecule has 0 heterocycles. The fourth-order valence-electron chi connectivity index (χ4n) is 5.43. The Labute approximate surface area is 339 Å². The lowest BCUT2D eigenvalue weighted by atomic mass is 9.90. The van der Waals surface area contributed by atoms with Gasteiger partial charge < -0.3 is 62.1 Å². The number of urea groups is 1. The van der Waals surface area contributed by atoms with Crippen LogP contribution in [0.4, 0.5) is 4.79 Å². The maximum Gasteiger partial charge on any atom is 0.344 e. The Morgan fingerprint density at radius 3 is 2.07 bits per heavy atom. The Balaban J connectivity index is 1.64. The SMILES string of the molecule is CCC(=O)NCCNC(=O)/N=C(/N)NCCC[C@@H](NC(=O)C(c1ccccc1)c1cccc(OCCOCCOCCOCCN)c1)C(=O)NCc1ccc(O)cc1. The molecule has 0 aromatic heterocycles. The number of nitrogens with one attached hydrogen (secondary N) is 5. The van der Waals surface area contributed by atoms with E-state index in [0.717, 1.165) is 5.56 Å². The molecule has 0 aliphatic heterocycles. The molecule has 0 aliphatic carbocycles. The van der Waals surface area contributed by atoms with Crippen molar-refractivity contribution in [3.05, 3.63) is 95.6 Å². The van der Waals surface area contributed by atoms with Gasteiger partial charge in [-0.2, -0.15) is 4.99 Å². The number of aromatic hydroxyl groups is 1. The normalized spacial score (nSPS) is 12.2. The van der Waals surface area contributed by atoms with Crippen molar-refractivity contribution < 1.29 is 43.2 Å². The zero-order valence-electron chi connectivity index (χ0n) is 33.1. The number of carbonyl (C=O) groups is 4. The Hall–Kier alpha value is -5.75. The number of aliphatic imine (C=N–C) groups is 1. The minimum absolute atomic E-state index is 0.102. The van der Waals surface area contributed by atoms with Gasteiger partial charge in [-0.1, -0.05) is 61.5 Å².